The standard InChI is InChI=1S/C12H18ClN3/c1-7(2)11-14-15-12(13)16(11)10-6-8-3-4-9(10)5-8/h7-10H,3-6H2,1-2H3. The average Bonchev–Trinajstić information content (AvgIpc) is 2.90. The Kier molecular flexibility index (Phi) is 2.46. The molecule has 16 heavy (non-hydrogen) atoms. The molecule has 2 bridgehead atoms. The molecule has 0 amide bonds. The molecule has 88 valence electrons. The Hall–Kier alpha value is -0.570. The van der Waals surface area contributed by atoms with Crippen molar-refractivity contribution in [2.45, 2.75) is 51.5 Å². The number of fused-ring (bicyclic) bond motifs is 2. The molecule has 1 aromatic heterocycles. The minimum absolute atomic E-state index is 0.402. The van der Waals surface area contributed by atoms with Crippen molar-refractivity contribution >= 4 is 11.6 Å². The van der Waals surface area contributed by atoms with Crippen LogP contribution in [0.5, 0.6) is 0 Å². The van der Waals surface area contributed by atoms with Gasteiger partial charge < -0.3 is 0 Å². The van der Waals surface area contributed by atoms with Crippen LogP contribution in [0.4, 0.5) is 0 Å². The number of aromatic nitrogens is 3. The monoisotopic (exact) mass is 239 g/mol. The summed E-state index contributed by atoms with van der Waals surface area (Å²) < 4.78 is 2.20. The zero-order valence-corrected chi connectivity index (χ0v) is 10.6. The summed E-state index contributed by atoms with van der Waals surface area (Å²) in [6, 6.07) is 0.568. The van der Waals surface area contributed by atoms with E-state index in [1.807, 2.05) is 0 Å². The fourth-order valence-electron chi connectivity index (χ4n) is 3.51. The van der Waals surface area contributed by atoms with Crippen LogP contribution < -0.4 is 0 Å². The summed E-state index contributed by atoms with van der Waals surface area (Å²) in [6.07, 6.45) is 5.44. The van der Waals surface area contributed by atoms with Crippen molar-refractivity contribution in [1.29, 1.82) is 0 Å². The Balaban J connectivity index is 1.96. The summed E-state index contributed by atoms with van der Waals surface area (Å²) in [5.74, 6) is 3.20. The van der Waals surface area contributed by atoms with E-state index in [0.29, 0.717) is 17.2 Å². The van der Waals surface area contributed by atoms with Crippen molar-refractivity contribution in [2.24, 2.45) is 11.8 Å². The van der Waals surface area contributed by atoms with Gasteiger partial charge >= 0.3 is 0 Å². The predicted molar refractivity (Wildman–Crippen MR) is 63.6 cm³/mol. The molecule has 4 heteroatoms. The second-order valence-electron chi connectivity index (χ2n) is 5.59. The fourth-order valence-corrected chi connectivity index (χ4v) is 3.76. The van der Waals surface area contributed by atoms with Gasteiger partial charge in [-0.2, -0.15) is 0 Å². The first-order chi connectivity index (χ1) is 7.66. The Bertz CT molecular complexity index is 399. The van der Waals surface area contributed by atoms with Gasteiger partial charge in [0.1, 0.15) is 5.82 Å². The van der Waals surface area contributed by atoms with Crippen LogP contribution >= 0.6 is 11.6 Å². The number of halogens is 1. The molecule has 3 atom stereocenters. The van der Waals surface area contributed by atoms with Crippen LogP contribution in [0.2, 0.25) is 5.28 Å². The van der Waals surface area contributed by atoms with Gasteiger partial charge in [0, 0.05) is 12.0 Å². The van der Waals surface area contributed by atoms with Crippen molar-refractivity contribution in [1.82, 2.24) is 14.8 Å². The van der Waals surface area contributed by atoms with Crippen LogP contribution in [-0.2, 0) is 0 Å². The maximum absolute atomic E-state index is 6.20. The van der Waals surface area contributed by atoms with E-state index in [1.165, 1.54) is 25.7 Å². The van der Waals surface area contributed by atoms with Gasteiger partial charge in [0.25, 0.3) is 0 Å². The number of hydrogen-bond acceptors (Lipinski definition) is 2. The van der Waals surface area contributed by atoms with Crippen molar-refractivity contribution in [3.05, 3.63) is 11.1 Å². The zero-order valence-electron chi connectivity index (χ0n) is 9.86. The summed E-state index contributed by atoms with van der Waals surface area (Å²) in [5, 5.41) is 8.85. The molecular formula is C12H18ClN3. The van der Waals surface area contributed by atoms with E-state index in [9.17, 15) is 0 Å². The van der Waals surface area contributed by atoms with Crippen molar-refractivity contribution in [2.75, 3.05) is 0 Å². The van der Waals surface area contributed by atoms with Gasteiger partial charge in [-0.1, -0.05) is 20.3 Å². The average molecular weight is 240 g/mol. The molecule has 0 N–H and O–H groups in total. The van der Waals surface area contributed by atoms with Crippen LogP contribution in [0.15, 0.2) is 0 Å². The van der Waals surface area contributed by atoms with E-state index in [2.05, 4.69) is 28.6 Å². The van der Waals surface area contributed by atoms with Crippen LogP contribution in [0.25, 0.3) is 0 Å². The van der Waals surface area contributed by atoms with Gasteiger partial charge in [-0.25, -0.2) is 0 Å². The van der Waals surface area contributed by atoms with Crippen LogP contribution in [0.3, 0.4) is 0 Å². The molecule has 3 nitrogen and oxygen atoms in total. The molecule has 2 saturated carbocycles. The van der Waals surface area contributed by atoms with Crippen LogP contribution in [-0.4, -0.2) is 14.8 Å². The Morgan fingerprint density at radius 1 is 1.25 bits per heavy atom. The Labute approximate surface area is 101 Å². The number of hydrogen-bond donors (Lipinski definition) is 0. The summed E-state index contributed by atoms with van der Waals surface area (Å²) >= 11 is 6.20. The van der Waals surface area contributed by atoms with E-state index < -0.39 is 0 Å². The molecule has 2 aliphatic carbocycles. The quantitative estimate of drug-likeness (QED) is 0.792. The third-order valence-electron chi connectivity index (χ3n) is 4.23. The highest BCUT2D eigenvalue weighted by atomic mass is 35.5. The number of nitrogens with zero attached hydrogens (tertiary/aromatic N) is 3. The van der Waals surface area contributed by atoms with Gasteiger partial charge in [-0.15, -0.1) is 10.2 Å². The molecular weight excluding hydrogens is 222 g/mol. The number of rotatable bonds is 2. The van der Waals surface area contributed by atoms with Gasteiger partial charge in [-0.05, 0) is 42.7 Å². The van der Waals surface area contributed by atoms with Crippen molar-refractivity contribution < 1.29 is 0 Å². The molecule has 1 aromatic rings. The topological polar surface area (TPSA) is 30.7 Å². The fraction of sp³-hybridized carbons (Fsp3) is 0.833. The van der Waals surface area contributed by atoms with E-state index in [4.69, 9.17) is 11.6 Å². The lowest BCUT2D eigenvalue weighted by atomic mass is 9.95. The van der Waals surface area contributed by atoms with Crippen molar-refractivity contribution in [3.8, 4) is 0 Å². The zero-order chi connectivity index (χ0) is 11.3. The predicted octanol–water partition coefficient (Wildman–Crippen LogP) is 3.42. The second-order valence-corrected chi connectivity index (χ2v) is 5.93. The lowest BCUT2D eigenvalue weighted by Crippen LogP contribution is -2.19. The minimum atomic E-state index is 0.402. The molecule has 0 radical (unpaired) electrons. The van der Waals surface area contributed by atoms with E-state index >= 15 is 0 Å². The first-order valence-electron chi connectivity index (χ1n) is 6.27. The highest BCUT2D eigenvalue weighted by molar-refractivity contribution is 6.28. The van der Waals surface area contributed by atoms with E-state index in [-0.39, 0.29) is 0 Å². The Morgan fingerprint density at radius 2 is 2.06 bits per heavy atom. The first kappa shape index (κ1) is 10.6. The summed E-state index contributed by atoms with van der Waals surface area (Å²) in [6.45, 7) is 4.31. The summed E-state index contributed by atoms with van der Waals surface area (Å²) in [7, 11) is 0. The van der Waals surface area contributed by atoms with E-state index in [0.717, 1.165) is 17.7 Å². The third kappa shape index (κ3) is 1.48. The van der Waals surface area contributed by atoms with Gasteiger partial charge in [0.15, 0.2) is 0 Å². The molecule has 0 saturated heterocycles. The minimum Gasteiger partial charge on any atom is -0.298 e. The lowest BCUT2D eigenvalue weighted by molar-refractivity contribution is 0.320. The van der Waals surface area contributed by atoms with E-state index in [1.54, 1.807) is 0 Å². The molecule has 0 aliphatic heterocycles. The first-order valence-corrected chi connectivity index (χ1v) is 6.65. The Morgan fingerprint density at radius 3 is 2.62 bits per heavy atom. The molecule has 0 aromatic carbocycles. The van der Waals surface area contributed by atoms with Gasteiger partial charge in [-0.3, -0.25) is 4.57 Å². The van der Waals surface area contributed by atoms with Crippen molar-refractivity contribution in [3.63, 3.8) is 0 Å². The molecule has 3 unspecified atom stereocenters. The molecule has 2 fully saturated rings. The molecule has 3 rings (SSSR count). The largest absolute Gasteiger partial charge is 0.298 e. The maximum atomic E-state index is 6.20. The molecule has 0 spiro atoms. The molecule has 1 heterocycles. The SMILES string of the molecule is CC(C)c1nnc(Cl)n1C1CC2CCC1C2. The highest BCUT2D eigenvalue weighted by Gasteiger charge is 2.42. The smallest absolute Gasteiger partial charge is 0.225 e. The maximum Gasteiger partial charge on any atom is 0.225 e. The second kappa shape index (κ2) is 3.73. The van der Waals surface area contributed by atoms with Gasteiger partial charge in [0.2, 0.25) is 5.28 Å². The normalized spacial score (nSPS) is 32.9. The summed E-state index contributed by atoms with van der Waals surface area (Å²) in [4.78, 5) is 0. The van der Waals surface area contributed by atoms with Gasteiger partial charge in [0.05, 0.1) is 0 Å². The highest BCUT2D eigenvalue weighted by Crippen LogP contribution is 2.51. The summed E-state index contributed by atoms with van der Waals surface area (Å²) in [5.41, 5.74) is 0. The van der Waals surface area contributed by atoms with Crippen LogP contribution in [0.1, 0.15) is 57.3 Å². The lowest BCUT2D eigenvalue weighted by Gasteiger charge is -2.25. The van der Waals surface area contributed by atoms with Crippen LogP contribution in [0, 0.1) is 11.8 Å². The molecule has 2 aliphatic rings. The third-order valence-corrected chi connectivity index (χ3v) is 4.49.